The molecule has 1 saturated heterocycles. The third-order valence-electron chi connectivity index (χ3n) is 2.75. The number of primary amides is 1. The molecule has 1 amide bonds. The highest BCUT2D eigenvalue weighted by Crippen LogP contribution is 2.08. The first kappa shape index (κ1) is 17.2. The van der Waals surface area contributed by atoms with Crippen LogP contribution in [0.15, 0.2) is 24.3 Å². The van der Waals surface area contributed by atoms with Crippen molar-refractivity contribution >= 4 is 30.7 Å². The lowest BCUT2D eigenvalue weighted by atomic mass is 10.1. The van der Waals surface area contributed by atoms with Crippen molar-refractivity contribution in [3.8, 4) is 0 Å². The number of hydrogen-bond acceptors (Lipinski definition) is 3. The molecule has 2 N–H and O–H groups in total. The van der Waals surface area contributed by atoms with Crippen LogP contribution in [0.5, 0.6) is 0 Å². The van der Waals surface area contributed by atoms with Gasteiger partial charge in [-0.3, -0.25) is 9.69 Å². The number of nitrogens with two attached hydrogens (primary N) is 1. The predicted molar refractivity (Wildman–Crippen MR) is 75.6 cm³/mol. The quantitative estimate of drug-likeness (QED) is 0.918. The van der Waals surface area contributed by atoms with E-state index < -0.39 is 0 Å². The number of amides is 1. The molecule has 102 valence electrons. The molecule has 1 aromatic rings. The maximum absolute atomic E-state index is 10.9. The van der Waals surface area contributed by atoms with Crippen molar-refractivity contribution in [3.63, 3.8) is 0 Å². The molecule has 2 rings (SSSR count). The molecular formula is C12H18Cl2N2O2. The topological polar surface area (TPSA) is 55.6 Å². The zero-order valence-corrected chi connectivity index (χ0v) is 11.6. The monoisotopic (exact) mass is 292 g/mol. The first-order valence-corrected chi connectivity index (χ1v) is 5.44. The summed E-state index contributed by atoms with van der Waals surface area (Å²) in [6.45, 7) is 4.45. The van der Waals surface area contributed by atoms with Crippen molar-refractivity contribution in [1.29, 1.82) is 0 Å². The van der Waals surface area contributed by atoms with Gasteiger partial charge in [0.2, 0.25) is 5.91 Å². The molecule has 0 atom stereocenters. The van der Waals surface area contributed by atoms with Crippen molar-refractivity contribution in [2.75, 3.05) is 26.3 Å². The molecule has 1 aliphatic rings. The summed E-state index contributed by atoms with van der Waals surface area (Å²) in [5.41, 5.74) is 6.94. The number of hydrogen-bond donors (Lipinski definition) is 1. The molecule has 1 aliphatic heterocycles. The second kappa shape index (κ2) is 8.32. The molecule has 0 aliphatic carbocycles. The molecule has 1 fully saturated rings. The highest BCUT2D eigenvalue weighted by molar-refractivity contribution is 5.92. The summed E-state index contributed by atoms with van der Waals surface area (Å²) in [6, 6.07) is 7.46. The van der Waals surface area contributed by atoms with Crippen LogP contribution < -0.4 is 5.73 Å². The normalized spacial score (nSPS) is 15.3. The van der Waals surface area contributed by atoms with Gasteiger partial charge in [-0.1, -0.05) is 12.1 Å². The number of halogens is 2. The summed E-state index contributed by atoms with van der Waals surface area (Å²) in [6.07, 6.45) is 0. The number of nitrogens with zero attached hydrogens (tertiary/aromatic N) is 1. The average Bonchev–Trinajstić information content (AvgIpc) is 2.31. The van der Waals surface area contributed by atoms with Crippen LogP contribution in [0.4, 0.5) is 0 Å². The average molecular weight is 293 g/mol. The Balaban J connectivity index is 0.00000144. The van der Waals surface area contributed by atoms with Gasteiger partial charge in [0.1, 0.15) is 0 Å². The van der Waals surface area contributed by atoms with Gasteiger partial charge in [0.15, 0.2) is 0 Å². The zero-order valence-electron chi connectivity index (χ0n) is 10.0. The largest absolute Gasteiger partial charge is 0.379 e. The molecule has 4 nitrogen and oxygen atoms in total. The van der Waals surface area contributed by atoms with Gasteiger partial charge in [0.05, 0.1) is 13.2 Å². The Labute approximate surface area is 119 Å². The number of carbonyl (C=O) groups excluding carboxylic acids is 1. The van der Waals surface area contributed by atoms with Crippen LogP contribution >= 0.6 is 24.8 Å². The molecule has 18 heavy (non-hydrogen) atoms. The lowest BCUT2D eigenvalue weighted by molar-refractivity contribution is 0.0342. The molecule has 6 heteroatoms. The Morgan fingerprint density at radius 1 is 1.17 bits per heavy atom. The summed E-state index contributed by atoms with van der Waals surface area (Å²) in [4.78, 5) is 13.2. The molecule has 0 saturated carbocycles. The fourth-order valence-corrected chi connectivity index (χ4v) is 1.79. The van der Waals surface area contributed by atoms with Crippen molar-refractivity contribution in [1.82, 2.24) is 4.90 Å². The Hall–Kier alpha value is -0.810. The van der Waals surface area contributed by atoms with E-state index in [9.17, 15) is 4.79 Å². The third kappa shape index (κ3) is 4.82. The molecule has 0 bridgehead atoms. The Kier molecular flexibility index (Phi) is 7.95. The Bertz CT molecular complexity index is 365. The number of carbonyl (C=O) groups is 1. The van der Waals surface area contributed by atoms with Gasteiger partial charge in [0, 0.05) is 25.2 Å². The van der Waals surface area contributed by atoms with Gasteiger partial charge in [-0.25, -0.2) is 0 Å². The van der Waals surface area contributed by atoms with E-state index in [1.807, 2.05) is 12.1 Å². The highest BCUT2D eigenvalue weighted by atomic mass is 35.5. The van der Waals surface area contributed by atoms with E-state index in [4.69, 9.17) is 10.5 Å². The summed E-state index contributed by atoms with van der Waals surface area (Å²) in [5, 5.41) is 0. The highest BCUT2D eigenvalue weighted by Gasteiger charge is 2.10. The van der Waals surface area contributed by atoms with Crippen LogP contribution in [0, 0.1) is 0 Å². The van der Waals surface area contributed by atoms with Gasteiger partial charge in [-0.2, -0.15) is 0 Å². The van der Waals surface area contributed by atoms with Crippen molar-refractivity contribution in [2.24, 2.45) is 5.73 Å². The summed E-state index contributed by atoms with van der Waals surface area (Å²) in [5.74, 6) is -0.377. The van der Waals surface area contributed by atoms with Gasteiger partial charge >= 0.3 is 0 Å². The summed E-state index contributed by atoms with van der Waals surface area (Å²) < 4.78 is 5.29. The van der Waals surface area contributed by atoms with Crippen LogP contribution in [-0.4, -0.2) is 37.1 Å². The lowest BCUT2D eigenvalue weighted by Gasteiger charge is -2.26. The van der Waals surface area contributed by atoms with E-state index in [0.29, 0.717) is 5.56 Å². The second-order valence-corrected chi connectivity index (χ2v) is 3.95. The van der Waals surface area contributed by atoms with Gasteiger partial charge in [0.25, 0.3) is 0 Å². The van der Waals surface area contributed by atoms with Crippen molar-refractivity contribution in [3.05, 3.63) is 35.4 Å². The van der Waals surface area contributed by atoms with Gasteiger partial charge in [-0.05, 0) is 17.7 Å². The smallest absolute Gasteiger partial charge is 0.248 e. The van der Waals surface area contributed by atoms with E-state index in [2.05, 4.69) is 4.90 Å². The zero-order chi connectivity index (χ0) is 11.4. The van der Waals surface area contributed by atoms with E-state index in [0.717, 1.165) is 32.8 Å². The summed E-state index contributed by atoms with van der Waals surface area (Å²) in [7, 11) is 0. The van der Waals surface area contributed by atoms with Crippen molar-refractivity contribution in [2.45, 2.75) is 6.54 Å². The first-order valence-electron chi connectivity index (χ1n) is 5.44. The minimum atomic E-state index is -0.377. The maximum atomic E-state index is 10.9. The van der Waals surface area contributed by atoms with E-state index in [1.54, 1.807) is 12.1 Å². The maximum Gasteiger partial charge on any atom is 0.248 e. The first-order chi connectivity index (χ1) is 7.75. The van der Waals surface area contributed by atoms with Gasteiger partial charge < -0.3 is 10.5 Å². The predicted octanol–water partition coefficient (Wildman–Crippen LogP) is 1.46. The minimum absolute atomic E-state index is 0. The molecular weight excluding hydrogens is 275 g/mol. The minimum Gasteiger partial charge on any atom is -0.379 e. The number of benzene rings is 1. The molecule has 0 radical (unpaired) electrons. The van der Waals surface area contributed by atoms with Crippen LogP contribution in [0.1, 0.15) is 15.9 Å². The van der Waals surface area contributed by atoms with E-state index >= 15 is 0 Å². The lowest BCUT2D eigenvalue weighted by Crippen LogP contribution is -2.35. The number of morpholine rings is 1. The number of rotatable bonds is 3. The standard InChI is InChI=1S/C12H16N2O2.2ClH/c13-12(15)11-3-1-10(2-4-11)9-14-5-7-16-8-6-14;;/h1-4H,5-9H2,(H2,13,15);2*1H. The van der Waals surface area contributed by atoms with Crippen LogP contribution in [0.3, 0.4) is 0 Å². The molecule has 0 spiro atoms. The van der Waals surface area contributed by atoms with Crippen molar-refractivity contribution < 1.29 is 9.53 Å². The van der Waals surface area contributed by atoms with E-state index in [1.165, 1.54) is 5.56 Å². The Morgan fingerprint density at radius 3 is 2.22 bits per heavy atom. The fourth-order valence-electron chi connectivity index (χ4n) is 1.79. The SMILES string of the molecule is Cl.Cl.NC(=O)c1ccc(CN2CCOCC2)cc1. The second-order valence-electron chi connectivity index (χ2n) is 3.95. The fraction of sp³-hybridized carbons (Fsp3) is 0.417. The Morgan fingerprint density at radius 2 is 1.72 bits per heavy atom. The molecule has 0 aromatic heterocycles. The summed E-state index contributed by atoms with van der Waals surface area (Å²) >= 11 is 0. The molecule has 1 aromatic carbocycles. The number of ether oxygens (including phenoxy) is 1. The van der Waals surface area contributed by atoms with Gasteiger partial charge in [-0.15, -0.1) is 24.8 Å². The van der Waals surface area contributed by atoms with Crippen LogP contribution in [0.25, 0.3) is 0 Å². The van der Waals surface area contributed by atoms with Crippen LogP contribution in [-0.2, 0) is 11.3 Å². The van der Waals surface area contributed by atoms with Crippen LogP contribution in [0.2, 0.25) is 0 Å². The third-order valence-corrected chi connectivity index (χ3v) is 2.75. The molecule has 1 heterocycles. The molecule has 0 unspecified atom stereocenters. The van der Waals surface area contributed by atoms with E-state index in [-0.39, 0.29) is 30.7 Å².